The second kappa shape index (κ2) is 7.34. The van der Waals surface area contributed by atoms with E-state index in [1.807, 2.05) is 6.07 Å². The van der Waals surface area contributed by atoms with Crippen LogP contribution in [0, 0.1) is 20.8 Å². The smallest absolute Gasteiger partial charge is 0.339 e. The number of H-pyrrole nitrogens is 1. The molecule has 0 saturated heterocycles. The zero-order chi connectivity index (χ0) is 18.7. The first-order chi connectivity index (χ1) is 11.8. The molecule has 1 aromatic heterocycles. The number of hydrogen-bond donors (Lipinski definition) is 1. The van der Waals surface area contributed by atoms with Crippen LogP contribution in [0.15, 0.2) is 24.3 Å². The van der Waals surface area contributed by atoms with Gasteiger partial charge in [-0.2, -0.15) is 0 Å². The average molecular weight is 343 g/mol. The van der Waals surface area contributed by atoms with E-state index in [4.69, 9.17) is 9.47 Å². The number of rotatable bonds is 5. The summed E-state index contributed by atoms with van der Waals surface area (Å²) >= 11 is 0. The molecule has 1 N–H and O–H groups in total. The minimum absolute atomic E-state index is 0.239. The van der Waals surface area contributed by atoms with Crippen LogP contribution in [-0.2, 0) is 9.47 Å². The zero-order valence-electron chi connectivity index (χ0n) is 14.9. The Balaban J connectivity index is 2.22. The van der Waals surface area contributed by atoms with Crippen LogP contribution in [0.2, 0.25) is 0 Å². The van der Waals surface area contributed by atoms with Gasteiger partial charge in [-0.25, -0.2) is 9.59 Å². The lowest BCUT2D eigenvalue weighted by molar-refractivity contribution is 0.0316. The van der Waals surface area contributed by atoms with Gasteiger partial charge in [0, 0.05) is 5.69 Å². The average Bonchev–Trinajstić information content (AvgIpc) is 2.88. The number of carbonyl (C=O) groups excluding carboxylic acids is 3. The van der Waals surface area contributed by atoms with Crippen LogP contribution in [0.1, 0.15) is 54.9 Å². The van der Waals surface area contributed by atoms with E-state index in [9.17, 15) is 14.4 Å². The standard InChI is InChI=1S/C19H21NO5/c1-10-8-6-7-9-14(10)18(22)25-13(4)17(21)16-11(2)15(12(3)20-16)19(23)24-5/h6-9,13,20H,1-5H3/t13-/m1/s1. The predicted molar refractivity (Wildman–Crippen MR) is 92.0 cm³/mol. The molecule has 6 heteroatoms. The zero-order valence-corrected chi connectivity index (χ0v) is 14.9. The quantitative estimate of drug-likeness (QED) is 0.666. The van der Waals surface area contributed by atoms with Gasteiger partial charge in [0.15, 0.2) is 6.10 Å². The highest BCUT2D eigenvalue weighted by Crippen LogP contribution is 2.21. The molecule has 2 rings (SSSR count). The van der Waals surface area contributed by atoms with Crippen molar-refractivity contribution in [3.63, 3.8) is 0 Å². The second-order valence-electron chi connectivity index (χ2n) is 5.84. The van der Waals surface area contributed by atoms with E-state index in [0.29, 0.717) is 22.4 Å². The fourth-order valence-corrected chi connectivity index (χ4v) is 2.69. The van der Waals surface area contributed by atoms with E-state index in [1.54, 1.807) is 39.0 Å². The van der Waals surface area contributed by atoms with E-state index in [2.05, 4.69) is 4.98 Å². The SMILES string of the molecule is COC(=O)c1c(C)[nH]c(C(=O)[C@@H](C)OC(=O)c2ccccc2C)c1C. The van der Waals surface area contributed by atoms with Crippen LogP contribution >= 0.6 is 0 Å². The molecule has 0 saturated carbocycles. The van der Waals surface area contributed by atoms with Gasteiger partial charge in [0.1, 0.15) is 0 Å². The van der Waals surface area contributed by atoms with E-state index >= 15 is 0 Å². The third-order valence-corrected chi connectivity index (χ3v) is 4.09. The Labute approximate surface area is 146 Å². The van der Waals surface area contributed by atoms with Gasteiger partial charge in [0.25, 0.3) is 0 Å². The van der Waals surface area contributed by atoms with Gasteiger partial charge < -0.3 is 14.5 Å². The third-order valence-electron chi connectivity index (χ3n) is 4.09. The number of ether oxygens (including phenoxy) is 2. The number of nitrogens with one attached hydrogen (secondary N) is 1. The largest absolute Gasteiger partial charge is 0.465 e. The van der Waals surface area contributed by atoms with Crippen molar-refractivity contribution >= 4 is 17.7 Å². The molecule has 0 amide bonds. The van der Waals surface area contributed by atoms with Crippen LogP contribution in [0.5, 0.6) is 0 Å². The summed E-state index contributed by atoms with van der Waals surface area (Å²) in [5.41, 5.74) is 2.76. The highest BCUT2D eigenvalue weighted by molar-refractivity contribution is 6.04. The van der Waals surface area contributed by atoms with Gasteiger partial charge in [-0.1, -0.05) is 18.2 Å². The minimum atomic E-state index is -0.991. The molecular formula is C19H21NO5. The summed E-state index contributed by atoms with van der Waals surface area (Å²) in [7, 11) is 1.28. The lowest BCUT2D eigenvalue weighted by atomic mass is 10.1. The Morgan fingerprint density at radius 3 is 2.28 bits per heavy atom. The van der Waals surface area contributed by atoms with Gasteiger partial charge in [0.2, 0.25) is 5.78 Å². The van der Waals surface area contributed by atoms with Crippen LogP contribution < -0.4 is 0 Å². The summed E-state index contributed by atoms with van der Waals surface area (Å²) in [4.78, 5) is 39.6. The molecule has 0 radical (unpaired) electrons. The van der Waals surface area contributed by atoms with Crippen LogP contribution in [0.25, 0.3) is 0 Å². The highest BCUT2D eigenvalue weighted by atomic mass is 16.5. The van der Waals surface area contributed by atoms with Crippen molar-refractivity contribution in [1.29, 1.82) is 0 Å². The summed E-state index contributed by atoms with van der Waals surface area (Å²) in [6, 6.07) is 7.00. The van der Waals surface area contributed by atoms with E-state index in [-0.39, 0.29) is 5.69 Å². The first kappa shape index (κ1) is 18.4. The molecule has 0 unspecified atom stereocenters. The topological polar surface area (TPSA) is 85.5 Å². The van der Waals surface area contributed by atoms with Crippen LogP contribution in [0.3, 0.4) is 0 Å². The number of aromatic amines is 1. The Morgan fingerprint density at radius 1 is 1.04 bits per heavy atom. The number of ketones is 1. The van der Waals surface area contributed by atoms with Crippen molar-refractivity contribution in [1.82, 2.24) is 4.98 Å². The summed E-state index contributed by atoms with van der Waals surface area (Å²) in [5.74, 6) is -1.49. The Hall–Kier alpha value is -2.89. The molecule has 0 fully saturated rings. The second-order valence-corrected chi connectivity index (χ2v) is 5.84. The van der Waals surface area contributed by atoms with E-state index < -0.39 is 23.8 Å². The lowest BCUT2D eigenvalue weighted by Crippen LogP contribution is -2.25. The number of benzene rings is 1. The fourth-order valence-electron chi connectivity index (χ4n) is 2.69. The van der Waals surface area contributed by atoms with E-state index in [1.165, 1.54) is 14.0 Å². The molecular weight excluding hydrogens is 322 g/mol. The lowest BCUT2D eigenvalue weighted by Gasteiger charge is -2.13. The maximum atomic E-state index is 12.6. The maximum absolute atomic E-state index is 12.6. The first-order valence-electron chi connectivity index (χ1n) is 7.86. The number of hydrogen-bond acceptors (Lipinski definition) is 5. The fraction of sp³-hybridized carbons (Fsp3) is 0.316. The van der Waals surface area contributed by atoms with Crippen molar-refractivity contribution in [3.8, 4) is 0 Å². The van der Waals surface area contributed by atoms with Crippen molar-refractivity contribution in [2.75, 3.05) is 7.11 Å². The molecule has 0 aliphatic rings. The van der Waals surface area contributed by atoms with E-state index in [0.717, 1.165) is 5.56 Å². The predicted octanol–water partition coefficient (Wildman–Crippen LogP) is 3.15. The molecule has 0 aliphatic heterocycles. The van der Waals surface area contributed by atoms with Gasteiger partial charge in [0.05, 0.1) is 23.9 Å². The molecule has 0 spiro atoms. The third kappa shape index (κ3) is 3.63. The number of methoxy groups -OCH3 is 1. The molecule has 132 valence electrons. The molecule has 1 atom stereocenters. The van der Waals surface area contributed by atoms with Crippen molar-refractivity contribution in [2.24, 2.45) is 0 Å². The molecule has 1 heterocycles. The highest BCUT2D eigenvalue weighted by Gasteiger charge is 2.27. The minimum Gasteiger partial charge on any atom is -0.465 e. The number of aryl methyl sites for hydroxylation is 2. The monoisotopic (exact) mass is 343 g/mol. The molecule has 6 nitrogen and oxygen atoms in total. The number of aromatic nitrogens is 1. The molecule has 0 bridgehead atoms. The van der Waals surface area contributed by atoms with Crippen LogP contribution in [0.4, 0.5) is 0 Å². The summed E-state index contributed by atoms with van der Waals surface area (Å²) in [5, 5.41) is 0. The van der Waals surface area contributed by atoms with Crippen molar-refractivity contribution in [2.45, 2.75) is 33.8 Å². The number of carbonyl (C=O) groups is 3. The van der Waals surface area contributed by atoms with Gasteiger partial charge in [-0.3, -0.25) is 4.79 Å². The van der Waals surface area contributed by atoms with Gasteiger partial charge in [-0.15, -0.1) is 0 Å². The first-order valence-corrected chi connectivity index (χ1v) is 7.86. The Bertz CT molecular complexity index is 834. The van der Waals surface area contributed by atoms with Gasteiger partial charge >= 0.3 is 11.9 Å². The summed E-state index contributed by atoms with van der Waals surface area (Å²) in [6.07, 6.45) is -0.991. The number of esters is 2. The normalized spacial score (nSPS) is 11.7. The van der Waals surface area contributed by atoms with Crippen molar-refractivity contribution < 1.29 is 23.9 Å². The Kier molecular flexibility index (Phi) is 5.41. The Morgan fingerprint density at radius 2 is 1.68 bits per heavy atom. The molecule has 2 aromatic rings. The van der Waals surface area contributed by atoms with Crippen molar-refractivity contribution in [3.05, 3.63) is 57.9 Å². The molecule has 1 aromatic carbocycles. The summed E-state index contributed by atoms with van der Waals surface area (Å²) in [6.45, 7) is 6.63. The van der Waals surface area contributed by atoms with Gasteiger partial charge in [-0.05, 0) is 44.9 Å². The molecule has 25 heavy (non-hydrogen) atoms. The maximum Gasteiger partial charge on any atom is 0.339 e. The van der Waals surface area contributed by atoms with Crippen LogP contribution in [-0.4, -0.2) is 35.9 Å². The molecule has 0 aliphatic carbocycles. The number of Topliss-reactive ketones (excluding diaryl/α,β-unsaturated/α-hetero) is 1. The summed E-state index contributed by atoms with van der Waals surface area (Å²) < 4.78 is 10.0.